The molecule has 0 saturated carbocycles. The molecule has 160 valence electrons. The number of amides is 2. The van der Waals surface area contributed by atoms with Gasteiger partial charge in [0.05, 0.1) is 37.0 Å². The molecule has 0 radical (unpaired) electrons. The van der Waals surface area contributed by atoms with E-state index in [0.29, 0.717) is 22.9 Å². The number of anilines is 2. The second kappa shape index (κ2) is 8.59. The Morgan fingerprint density at radius 2 is 1.97 bits per heavy atom. The Bertz CT molecular complexity index is 1090. The van der Waals surface area contributed by atoms with Gasteiger partial charge in [-0.25, -0.2) is 8.42 Å². The van der Waals surface area contributed by atoms with E-state index in [4.69, 9.17) is 14.2 Å². The van der Waals surface area contributed by atoms with Crippen LogP contribution >= 0.6 is 0 Å². The molecule has 0 spiro atoms. The van der Waals surface area contributed by atoms with Crippen LogP contribution in [0.15, 0.2) is 41.3 Å². The average molecular weight is 435 g/mol. The maximum Gasteiger partial charge on any atom is 0.262 e. The fourth-order valence-corrected chi connectivity index (χ4v) is 3.95. The lowest BCUT2D eigenvalue weighted by Crippen LogP contribution is -2.35. The molecule has 1 heterocycles. The van der Waals surface area contributed by atoms with Crippen LogP contribution in [0.25, 0.3) is 0 Å². The number of methoxy groups -OCH3 is 2. The van der Waals surface area contributed by atoms with E-state index in [-0.39, 0.29) is 23.1 Å². The predicted octanol–water partition coefficient (Wildman–Crippen LogP) is 1.29. The van der Waals surface area contributed by atoms with E-state index in [1.54, 1.807) is 18.2 Å². The van der Waals surface area contributed by atoms with Crippen molar-refractivity contribution in [3.05, 3.63) is 36.4 Å². The van der Waals surface area contributed by atoms with Crippen molar-refractivity contribution < 1.29 is 32.2 Å². The third-order valence-corrected chi connectivity index (χ3v) is 6.14. The highest BCUT2D eigenvalue weighted by molar-refractivity contribution is 7.89. The number of hydrogen-bond donors (Lipinski definition) is 2. The lowest BCUT2D eigenvalue weighted by Gasteiger charge is -2.21. The monoisotopic (exact) mass is 435 g/mol. The van der Waals surface area contributed by atoms with E-state index in [2.05, 4.69) is 10.6 Å². The highest BCUT2D eigenvalue weighted by Gasteiger charge is 2.26. The van der Waals surface area contributed by atoms with Gasteiger partial charge in [-0.15, -0.1) is 0 Å². The van der Waals surface area contributed by atoms with Crippen molar-refractivity contribution in [2.75, 3.05) is 45.1 Å². The van der Waals surface area contributed by atoms with E-state index in [1.165, 1.54) is 39.5 Å². The summed E-state index contributed by atoms with van der Waals surface area (Å²) in [5.41, 5.74) is 0.604. The molecule has 10 nitrogen and oxygen atoms in total. The first kappa shape index (κ1) is 21.4. The Kier molecular flexibility index (Phi) is 6.13. The number of likely N-dealkylation sites (N-methyl/N-ethyl adjacent to an activating group) is 1. The highest BCUT2D eigenvalue weighted by Crippen LogP contribution is 2.31. The topological polar surface area (TPSA) is 123 Å². The van der Waals surface area contributed by atoms with Crippen LogP contribution in [0, 0.1) is 0 Å². The summed E-state index contributed by atoms with van der Waals surface area (Å²) in [5, 5.41) is 5.18. The van der Waals surface area contributed by atoms with Gasteiger partial charge in [0, 0.05) is 13.1 Å². The van der Waals surface area contributed by atoms with Crippen LogP contribution in [0.1, 0.15) is 0 Å². The molecule has 2 N–H and O–H groups in total. The summed E-state index contributed by atoms with van der Waals surface area (Å²) in [6.07, 6.45) is 0. The molecule has 3 rings (SSSR count). The zero-order valence-electron chi connectivity index (χ0n) is 16.6. The number of carbonyl (C=O) groups excluding carboxylic acids is 2. The van der Waals surface area contributed by atoms with Crippen LogP contribution < -0.4 is 24.8 Å². The van der Waals surface area contributed by atoms with Crippen molar-refractivity contribution in [3.63, 3.8) is 0 Å². The standard InChI is InChI=1S/C19H21N3O7S/c1-22(10-18(23)20-14-8-12(27-2)4-6-16(14)28-3)30(25,26)13-5-7-17-15(9-13)21-19(24)11-29-17/h4-9H,10-11H2,1-3H3,(H,20,23)(H,21,24). The minimum atomic E-state index is -4.00. The van der Waals surface area contributed by atoms with E-state index in [1.807, 2.05) is 0 Å². The molecular formula is C19H21N3O7S. The Morgan fingerprint density at radius 1 is 1.20 bits per heavy atom. The van der Waals surface area contributed by atoms with Crippen molar-refractivity contribution in [2.45, 2.75) is 4.90 Å². The molecule has 2 aromatic rings. The van der Waals surface area contributed by atoms with Crippen LogP contribution in [0.3, 0.4) is 0 Å². The minimum absolute atomic E-state index is 0.0821. The fourth-order valence-electron chi connectivity index (χ4n) is 2.79. The number of benzene rings is 2. The zero-order valence-corrected chi connectivity index (χ0v) is 17.4. The number of ether oxygens (including phenoxy) is 3. The maximum absolute atomic E-state index is 12.9. The summed E-state index contributed by atoms with van der Waals surface area (Å²) in [4.78, 5) is 23.8. The fraction of sp³-hybridized carbons (Fsp3) is 0.263. The van der Waals surface area contributed by atoms with Crippen molar-refractivity contribution >= 4 is 33.2 Å². The van der Waals surface area contributed by atoms with Gasteiger partial charge in [-0.2, -0.15) is 4.31 Å². The van der Waals surface area contributed by atoms with Crippen LogP contribution in [0.2, 0.25) is 0 Å². The van der Waals surface area contributed by atoms with Gasteiger partial charge in [0.2, 0.25) is 15.9 Å². The summed E-state index contributed by atoms with van der Waals surface area (Å²) < 4.78 is 42.2. The van der Waals surface area contributed by atoms with Gasteiger partial charge in [-0.1, -0.05) is 0 Å². The zero-order chi connectivity index (χ0) is 21.9. The maximum atomic E-state index is 12.9. The number of sulfonamides is 1. The van der Waals surface area contributed by atoms with E-state index in [9.17, 15) is 18.0 Å². The molecule has 11 heteroatoms. The van der Waals surface area contributed by atoms with Gasteiger partial charge in [-0.3, -0.25) is 9.59 Å². The third kappa shape index (κ3) is 4.47. The second-order valence-electron chi connectivity index (χ2n) is 6.37. The molecule has 0 fully saturated rings. The quantitative estimate of drug-likeness (QED) is 0.672. The third-order valence-electron chi connectivity index (χ3n) is 4.34. The number of rotatable bonds is 7. The molecule has 0 unspecified atom stereocenters. The lowest BCUT2D eigenvalue weighted by atomic mass is 10.2. The van der Waals surface area contributed by atoms with Gasteiger partial charge in [0.15, 0.2) is 6.61 Å². The van der Waals surface area contributed by atoms with Crippen molar-refractivity contribution in [2.24, 2.45) is 0 Å². The first-order valence-corrected chi connectivity index (χ1v) is 10.2. The van der Waals surface area contributed by atoms with Crippen LogP contribution in [0.4, 0.5) is 11.4 Å². The molecule has 1 aliphatic rings. The Morgan fingerprint density at radius 3 is 2.67 bits per heavy atom. The van der Waals surface area contributed by atoms with Crippen LogP contribution in [-0.4, -0.2) is 59.0 Å². The summed E-state index contributed by atoms with van der Waals surface area (Å²) in [7, 11) is 0.225. The molecular weight excluding hydrogens is 414 g/mol. The highest BCUT2D eigenvalue weighted by atomic mass is 32.2. The van der Waals surface area contributed by atoms with E-state index >= 15 is 0 Å². The SMILES string of the molecule is COc1ccc(OC)c(NC(=O)CN(C)S(=O)(=O)c2ccc3c(c2)NC(=O)CO3)c1. The number of fused-ring (bicyclic) bond motifs is 1. The summed E-state index contributed by atoms with van der Waals surface area (Å²) >= 11 is 0. The molecule has 0 aliphatic carbocycles. The van der Waals surface area contributed by atoms with Gasteiger partial charge in [-0.05, 0) is 30.3 Å². The molecule has 0 saturated heterocycles. The van der Waals surface area contributed by atoms with Gasteiger partial charge >= 0.3 is 0 Å². The number of carbonyl (C=O) groups is 2. The first-order chi connectivity index (χ1) is 14.2. The summed E-state index contributed by atoms with van der Waals surface area (Å²) in [6.45, 7) is -0.574. The minimum Gasteiger partial charge on any atom is -0.497 e. The van der Waals surface area contributed by atoms with E-state index in [0.717, 1.165) is 4.31 Å². The second-order valence-corrected chi connectivity index (χ2v) is 8.42. The van der Waals surface area contributed by atoms with Crippen molar-refractivity contribution in [1.82, 2.24) is 4.31 Å². The molecule has 2 amide bonds. The molecule has 1 aliphatic heterocycles. The van der Waals surface area contributed by atoms with Crippen LogP contribution in [0.5, 0.6) is 17.2 Å². The summed E-state index contributed by atoms with van der Waals surface area (Å²) in [5.74, 6) is 0.337. The summed E-state index contributed by atoms with van der Waals surface area (Å²) in [6, 6.07) is 8.96. The molecule has 0 aromatic heterocycles. The number of nitrogens with zero attached hydrogens (tertiary/aromatic N) is 1. The Balaban J connectivity index is 1.75. The Hall–Kier alpha value is -3.31. The van der Waals surface area contributed by atoms with Gasteiger partial charge < -0.3 is 24.8 Å². The number of nitrogens with one attached hydrogen (secondary N) is 2. The Labute approximate surface area is 173 Å². The van der Waals surface area contributed by atoms with Crippen LogP contribution in [-0.2, 0) is 19.6 Å². The van der Waals surface area contributed by atoms with Crippen molar-refractivity contribution in [1.29, 1.82) is 0 Å². The van der Waals surface area contributed by atoms with Gasteiger partial charge in [0.1, 0.15) is 17.2 Å². The first-order valence-electron chi connectivity index (χ1n) is 8.79. The molecule has 0 atom stereocenters. The molecule has 30 heavy (non-hydrogen) atoms. The molecule has 2 aromatic carbocycles. The average Bonchev–Trinajstić information content (AvgIpc) is 2.72. The predicted molar refractivity (Wildman–Crippen MR) is 109 cm³/mol. The normalized spacial score (nSPS) is 13.1. The van der Waals surface area contributed by atoms with Crippen molar-refractivity contribution in [3.8, 4) is 17.2 Å². The van der Waals surface area contributed by atoms with Gasteiger partial charge in [0.25, 0.3) is 5.91 Å². The smallest absolute Gasteiger partial charge is 0.262 e. The molecule has 0 bridgehead atoms. The largest absolute Gasteiger partial charge is 0.497 e. The lowest BCUT2D eigenvalue weighted by molar-refractivity contribution is -0.118. The van der Waals surface area contributed by atoms with E-state index < -0.39 is 22.5 Å². The number of hydrogen-bond acceptors (Lipinski definition) is 7.